The standard InChI is InChI=1S/C7H13ClO3S/c1-11-7(5-12(8,9)10)6-3-2-4-6/h6-7H,2-5H2,1H3/t7-/m1/s1. The third-order valence-electron chi connectivity index (χ3n) is 2.34. The van der Waals surface area contributed by atoms with Gasteiger partial charge in [0.15, 0.2) is 0 Å². The minimum absolute atomic E-state index is 0.0598. The van der Waals surface area contributed by atoms with Crippen molar-refractivity contribution in [3.8, 4) is 0 Å². The maximum atomic E-state index is 10.7. The van der Waals surface area contributed by atoms with Crippen molar-refractivity contribution in [2.45, 2.75) is 25.4 Å². The van der Waals surface area contributed by atoms with E-state index in [4.69, 9.17) is 15.4 Å². The van der Waals surface area contributed by atoms with Crippen molar-refractivity contribution in [2.75, 3.05) is 12.9 Å². The van der Waals surface area contributed by atoms with E-state index in [1.807, 2.05) is 0 Å². The molecular formula is C7H13ClO3S. The molecule has 1 aliphatic rings. The molecule has 0 aliphatic heterocycles. The van der Waals surface area contributed by atoms with Crippen LogP contribution in [-0.4, -0.2) is 27.4 Å². The number of hydrogen-bond acceptors (Lipinski definition) is 3. The van der Waals surface area contributed by atoms with Gasteiger partial charge in [-0.1, -0.05) is 6.42 Å². The Labute approximate surface area is 77.5 Å². The Morgan fingerprint density at radius 3 is 2.42 bits per heavy atom. The highest BCUT2D eigenvalue weighted by Gasteiger charge is 2.30. The van der Waals surface area contributed by atoms with Crippen LogP contribution in [0.5, 0.6) is 0 Å². The molecule has 1 rings (SSSR count). The maximum absolute atomic E-state index is 10.7. The Bertz CT molecular complexity index is 233. The van der Waals surface area contributed by atoms with E-state index >= 15 is 0 Å². The Hall–Kier alpha value is 0.200. The smallest absolute Gasteiger partial charge is 0.235 e. The maximum Gasteiger partial charge on any atom is 0.235 e. The van der Waals surface area contributed by atoms with Crippen LogP contribution in [-0.2, 0) is 13.8 Å². The summed E-state index contributed by atoms with van der Waals surface area (Å²) >= 11 is 0. The van der Waals surface area contributed by atoms with E-state index < -0.39 is 9.05 Å². The monoisotopic (exact) mass is 212 g/mol. The molecule has 1 aliphatic carbocycles. The summed E-state index contributed by atoms with van der Waals surface area (Å²) in [5.41, 5.74) is 0. The average molecular weight is 213 g/mol. The van der Waals surface area contributed by atoms with Gasteiger partial charge in [-0.3, -0.25) is 0 Å². The van der Waals surface area contributed by atoms with Gasteiger partial charge in [-0.15, -0.1) is 0 Å². The van der Waals surface area contributed by atoms with Gasteiger partial charge < -0.3 is 4.74 Å². The van der Waals surface area contributed by atoms with Crippen molar-refractivity contribution in [2.24, 2.45) is 5.92 Å². The highest BCUT2D eigenvalue weighted by molar-refractivity contribution is 8.13. The first-order valence-electron chi connectivity index (χ1n) is 3.98. The van der Waals surface area contributed by atoms with Crippen molar-refractivity contribution < 1.29 is 13.2 Å². The molecule has 0 bridgehead atoms. The zero-order valence-electron chi connectivity index (χ0n) is 6.99. The molecule has 0 aromatic rings. The predicted octanol–water partition coefficient (Wildman–Crippen LogP) is 1.37. The van der Waals surface area contributed by atoms with Crippen LogP contribution in [0.4, 0.5) is 0 Å². The molecule has 0 heterocycles. The third kappa shape index (κ3) is 2.92. The van der Waals surface area contributed by atoms with Gasteiger partial charge in [0, 0.05) is 17.8 Å². The van der Waals surface area contributed by atoms with Gasteiger partial charge >= 0.3 is 0 Å². The zero-order valence-corrected chi connectivity index (χ0v) is 8.57. The quantitative estimate of drug-likeness (QED) is 0.662. The first-order chi connectivity index (χ1) is 5.53. The Kier molecular flexibility index (Phi) is 3.37. The Morgan fingerprint density at radius 2 is 2.17 bits per heavy atom. The van der Waals surface area contributed by atoms with E-state index in [0.717, 1.165) is 12.8 Å². The van der Waals surface area contributed by atoms with Crippen LogP contribution in [0.3, 0.4) is 0 Å². The van der Waals surface area contributed by atoms with Gasteiger partial charge in [0.05, 0.1) is 11.9 Å². The lowest BCUT2D eigenvalue weighted by Crippen LogP contribution is -2.33. The SMILES string of the molecule is CO[C@H](CS(=O)(=O)Cl)C1CCC1. The van der Waals surface area contributed by atoms with Gasteiger partial charge in [0.1, 0.15) is 0 Å². The molecule has 0 aromatic carbocycles. The van der Waals surface area contributed by atoms with Crippen LogP contribution < -0.4 is 0 Å². The van der Waals surface area contributed by atoms with Gasteiger partial charge in [-0.2, -0.15) is 0 Å². The topological polar surface area (TPSA) is 43.4 Å². The molecule has 72 valence electrons. The number of hydrogen-bond donors (Lipinski definition) is 0. The molecule has 3 nitrogen and oxygen atoms in total. The van der Waals surface area contributed by atoms with E-state index in [1.165, 1.54) is 13.5 Å². The van der Waals surface area contributed by atoms with Crippen LogP contribution in [0.15, 0.2) is 0 Å². The molecule has 1 atom stereocenters. The molecule has 5 heteroatoms. The van der Waals surface area contributed by atoms with E-state index in [2.05, 4.69) is 0 Å². The molecule has 1 saturated carbocycles. The second-order valence-corrected chi connectivity index (χ2v) is 5.99. The van der Waals surface area contributed by atoms with Gasteiger partial charge in [0.25, 0.3) is 0 Å². The third-order valence-corrected chi connectivity index (χ3v) is 3.45. The summed E-state index contributed by atoms with van der Waals surface area (Å²) in [6.07, 6.45) is 3.09. The lowest BCUT2D eigenvalue weighted by atomic mass is 9.82. The van der Waals surface area contributed by atoms with Crippen molar-refractivity contribution >= 4 is 19.7 Å². The van der Waals surface area contributed by atoms with E-state index in [1.54, 1.807) is 0 Å². The van der Waals surface area contributed by atoms with Crippen LogP contribution >= 0.6 is 10.7 Å². The van der Waals surface area contributed by atoms with Crippen molar-refractivity contribution in [3.63, 3.8) is 0 Å². The van der Waals surface area contributed by atoms with Crippen molar-refractivity contribution in [3.05, 3.63) is 0 Å². The van der Waals surface area contributed by atoms with Crippen LogP contribution in [0.1, 0.15) is 19.3 Å². The number of ether oxygens (including phenoxy) is 1. The normalized spacial score (nSPS) is 21.8. The van der Waals surface area contributed by atoms with Gasteiger partial charge in [-0.25, -0.2) is 8.42 Å². The predicted molar refractivity (Wildman–Crippen MR) is 47.8 cm³/mol. The molecule has 0 amide bonds. The average Bonchev–Trinajstić information content (AvgIpc) is 1.79. The molecule has 0 N–H and O–H groups in total. The van der Waals surface area contributed by atoms with Crippen LogP contribution in [0, 0.1) is 5.92 Å². The summed E-state index contributed by atoms with van der Waals surface area (Å²) in [4.78, 5) is 0. The fraction of sp³-hybridized carbons (Fsp3) is 1.00. The van der Waals surface area contributed by atoms with Crippen LogP contribution in [0.2, 0.25) is 0 Å². The summed E-state index contributed by atoms with van der Waals surface area (Å²) in [5.74, 6) is 0.332. The molecule has 0 radical (unpaired) electrons. The largest absolute Gasteiger partial charge is 0.380 e. The second-order valence-electron chi connectivity index (χ2n) is 3.17. The lowest BCUT2D eigenvalue weighted by molar-refractivity contribution is 0.0356. The first-order valence-corrected chi connectivity index (χ1v) is 6.46. The van der Waals surface area contributed by atoms with Crippen molar-refractivity contribution in [1.82, 2.24) is 0 Å². The molecule has 0 aromatic heterocycles. The zero-order chi connectivity index (χ0) is 9.19. The number of halogens is 1. The van der Waals surface area contributed by atoms with Crippen LogP contribution in [0.25, 0.3) is 0 Å². The highest BCUT2D eigenvalue weighted by Crippen LogP contribution is 2.31. The highest BCUT2D eigenvalue weighted by atomic mass is 35.7. The van der Waals surface area contributed by atoms with Crippen molar-refractivity contribution in [1.29, 1.82) is 0 Å². The lowest BCUT2D eigenvalue weighted by Gasteiger charge is -2.31. The fourth-order valence-corrected chi connectivity index (χ4v) is 2.58. The minimum atomic E-state index is -3.41. The second kappa shape index (κ2) is 3.94. The summed E-state index contributed by atoms with van der Waals surface area (Å²) in [6.45, 7) is 0. The number of methoxy groups -OCH3 is 1. The molecular weight excluding hydrogens is 200 g/mol. The molecule has 0 saturated heterocycles. The van der Waals surface area contributed by atoms with Gasteiger partial charge in [-0.05, 0) is 18.8 Å². The van der Waals surface area contributed by atoms with E-state index in [0.29, 0.717) is 5.92 Å². The molecule has 12 heavy (non-hydrogen) atoms. The summed E-state index contributed by atoms with van der Waals surface area (Å²) in [5, 5.41) is 0. The Balaban J connectivity index is 2.45. The Morgan fingerprint density at radius 1 is 1.58 bits per heavy atom. The van der Waals surface area contributed by atoms with E-state index in [-0.39, 0.29) is 11.9 Å². The van der Waals surface area contributed by atoms with E-state index in [9.17, 15) is 8.42 Å². The first kappa shape index (κ1) is 10.3. The molecule has 0 spiro atoms. The molecule has 0 unspecified atom stereocenters. The van der Waals surface area contributed by atoms with Gasteiger partial charge in [0.2, 0.25) is 9.05 Å². The minimum Gasteiger partial charge on any atom is -0.380 e. The number of rotatable bonds is 4. The fourth-order valence-electron chi connectivity index (χ4n) is 1.40. The summed E-state index contributed by atoms with van der Waals surface area (Å²) in [7, 11) is 3.25. The molecule has 1 fully saturated rings. The summed E-state index contributed by atoms with van der Waals surface area (Å²) < 4.78 is 26.5. The summed E-state index contributed by atoms with van der Waals surface area (Å²) in [6, 6.07) is 0.